The molecule has 1 atom stereocenters. The van der Waals surface area contributed by atoms with E-state index in [1.165, 1.54) is 29.5 Å². The quantitative estimate of drug-likeness (QED) is 0.760. The first-order valence-electron chi connectivity index (χ1n) is 5.25. The fourth-order valence-corrected chi connectivity index (χ4v) is 2.17. The smallest absolute Gasteiger partial charge is 0.0556 e. The molecule has 0 saturated heterocycles. The normalized spacial score (nSPS) is 19.7. The summed E-state index contributed by atoms with van der Waals surface area (Å²) in [6.07, 6.45) is 2.33. The molecule has 0 heterocycles. The van der Waals surface area contributed by atoms with Crippen LogP contribution in [0.5, 0.6) is 0 Å². The maximum absolute atomic E-state index is 8.77. The lowest BCUT2D eigenvalue weighted by atomic mass is 10.1. The fraction of sp³-hybridized carbons (Fsp3) is 0.500. The fourth-order valence-electron chi connectivity index (χ4n) is 2.17. The van der Waals surface area contributed by atoms with Gasteiger partial charge in [-0.2, -0.15) is 0 Å². The van der Waals surface area contributed by atoms with Crippen molar-refractivity contribution in [3.8, 4) is 0 Å². The average molecular weight is 191 g/mol. The van der Waals surface area contributed by atoms with E-state index in [4.69, 9.17) is 5.11 Å². The Kier molecular flexibility index (Phi) is 2.85. The first-order chi connectivity index (χ1) is 6.81. The van der Waals surface area contributed by atoms with Crippen molar-refractivity contribution in [3.05, 3.63) is 34.9 Å². The number of aliphatic hydroxyl groups excluding tert-OH is 1. The van der Waals surface area contributed by atoms with E-state index in [0.717, 1.165) is 0 Å². The Morgan fingerprint density at radius 1 is 1.50 bits per heavy atom. The van der Waals surface area contributed by atoms with Gasteiger partial charge in [0.25, 0.3) is 0 Å². The topological polar surface area (TPSA) is 32.3 Å². The van der Waals surface area contributed by atoms with Gasteiger partial charge in [-0.1, -0.05) is 23.8 Å². The third kappa shape index (κ3) is 1.81. The number of benzene rings is 1. The summed E-state index contributed by atoms with van der Waals surface area (Å²) < 4.78 is 0. The van der Waals surface area contributed by atoms with Crippen molar-refractivity contribution in [1.29, 1.82) is 0 Å². The molecule has 2 rings (SSSR count). The van der Waals surface area contributed by atoms with E-state index in [1.54, 1.807) is 0 Å². The minimum atomic E-state index is 0.220. The van der Waals surface area contributed by atoms with Crippen molar-refractivity contribution in [2.75, 3.05) is 13.2 Å². The lowest BCUT2D eigenvalue weighted by molar-refractivity contribution is 0.284. The number of hydrogen-bond acceptors (Lipinski definition) is 2. The van der Waals surface area contributed by atoms with Crippen LogP contribution in [0.3, 0.4) is 0 Å². The van der Waals surface area contributed by atoms with Gasteiger partial charge in [0.1, 0.15) is 0 Å². The van der Waals surface area contributed by atoms with Crippen LogP contribution in [0.1, 0.15) is 29.2 Å². The van der Waals surface area contributed by atoms with Crippen molar-refractivity contribution in [3.63, 3.8) is 0 Å². The van der Waals surface area contributed by atoms with Gasteiger partial charge >= 0.3 is 0 Å². The van der Waals surface area contributed by atoms with Crippen LogP contribution in [0.4, 0.5) is 0 Å². The first kappa shape index (κ1) is 9.69. The van der Waals surface area contributed by atoms with Crippen LogP contribution in [-0.2, 0) is 6.42 Å². The highest BCUT2D eigenvalue weighted by atomic mass is 16.3. The van der Waals surface area contributed by atoms with Crippen molar-refractivity contribution >= 4 is 0 Å². The molecule has 0 bridgehead atoms. The van der Waals surface area contributed by atoms with E-state index in [2.05, 4.69) is 30.4 Å². The summed E-state index contributed by atoms with van der Waals surface area (Å²) in [5.74, 6) is 0. The summed E-state index contributed by atoms with van der Waals surface area (Å²) in [7, 11) is 0. The third-order valence-corrected chi connectivity index (χ3v) is 2.88. The van der Waals surface area contributed by atoms with E-state index in [1.807, 2.05) is 0 Å². The zero-order valence-corrected chi connectivity index (χ0v) is 8.59. The predicted octanol–water partition coefficient (Wildman–Crippen LogP) is 1.56. The molecule has 1 aromatic rings. The predicted molar refractivity (Wildman–Crippen MR) is 57.3 cm³/mol. The molecule has 0 unspecified atom stereocenters. The van der Waals surface area contributed by atoms with Gasteiger partial charge in [0.2, 0.25) is 0 Å². The van der Waals surface area contributed by atoms with E-state index >= 15 is 0 Å². The van der Waals surface area contributed by atoms with Crippen molar-refractivity contribution in [2.45, 2.75) is 25.8 Å². The SMILES string of the molecule is Cc1ccc2c(c1)[C@H](NCCO)CC2. The number of nitrogens with one attached hydrogen (secondary N) is 1. The average Bonchev–Trinajstić information content (AvgIpc) is 2.57. The van der Waals surface area contributed by atoms with Gasteiger partial charge in [-0.3, -0.25) is 0 Å². The van der Waals surface area contributed by atoms with E-state index < -0.39 is 0 Å². The third-order valence-electron chi connectivity index (χ3n) is 2.88. The highest BCUT2D eigenvalue weighted by molar-refractivity contribution is 5.37. The molecule has 0 spiro atoms. The number of fused-ring (bicyclic) bond motifs is 1. The lowest BCUT2D eigenvalue weighted by Crippen LogP contribution is -2.22. The van der Waals surface area contributed by atoms with Crippen LogP contribution < -0.4 is 5.32 Å². The monoisotopic (exact) mass is 191 g/mol. The largest absolute Gasteiger partial charge is 0.395 e. The van der Waals surface area contributed by atoms with Crippen LogP contribution in [0.25, 0.3) is 0 Å². The second kappa shape index (κ2) is 4.11. The summed E-state index contributed by atoms with van der Waals surface area (Å²) in [4.78, 5) is 0. The molecule has 2 heteroatoms. The minimum Gasteiger partial charge on any atom is -0.395 e. The van der Waals surface area contributed by atoms with E-state index in [-0.39, 0.29) is 6.61 Å². The Hall–Kier alpha value is -0.860. The lowest BCUT2D eigenvalue weighted by Gasteiger charge is -2.13. The van der Waals surface area contributed by atoms with Crippen LogP contribution in [-0.4, -0.2) is 18.3 Å². The Balaban J connectivity index is 2.16. The highest BCUT2D eigenvalue weighted by Gasteiger charge is 2.21. The molecule has 0 amide bonds. The summed E-state index contributed by atoms with van der Waals surface area (Å²) in [5.41, 5.74) is 4.21. The number of aliphatic hydroxyl groups is 1. The molecule has 1 aliphatic rings. The molecule has 0 fully saturated rings. The van der Waals surface area contributed by atoms with Gasteiger partial charge in [0, 0.05) is 12.6 Å². The van der Waals surface area contributed by atoms with Crippen LogP contribution in [0.2, 0.25) is 0 Å². The van der Waals surface area contributed by atoms with Gasteiger partial charge in [-0.25, -0.2) is 0 Å². The van der Waals surface area contributed by atoms with Gasteiger partial charge in [-0.05, 0) is 30.9 Å². The zero-order chi connectivity index (χ0) is 9.97. The molecule has 0 aromatic heterocycles. The molecule has 76 valence electrons. The van der Waals surface area contributed by atoms with Gasteiger partial charge in [0.05, 0.1) is 6.61 Å². The molecule has 0 radical (unpaired) electrons. The maximum atomic E-state index is 8.77. The Morgan fingerprint density at radius 3 is 3.14 bits per heavy atom. The van der Waals surface area contributed by atoms with Crippen LogP contribution in [0.15, 0.2) is 18.2 Å². The molecule has 0 saturated carbocycles. The standard InChI is InChI=1S/C12H17NO/c1-9-2-3-10-4-5-12(11(10)8-9)13-6-7-14/h2-3,8,12-14H,4-7H2,1H3/t12-/m1/s1. The van der Waals surface area contributed by atoms with Crippen LogP contribution in [0, 0.1) is 6.92 Å². The summed E-state index contributed by atoms with van der Waals surface area (Å²) in [6.45, 7) is 3.04. The summed E-state index contributed by atoms with van der Waals surface area (Å²) in [5, 5.41) is 12.1. The molecule has 0 aliphatic heterocycles. The highest BCUT2D eigenvalue weighted by Crippen LogP contribution is 2.31. The Bertz CT molecular complexity index is 322. The van der Waals surface area contributed by atoms with Crippen molar-refractivity contribution in [1.82, 2.24) is 5.32 Å². The molecular weight excluding hydrogens is 174 g/mol. The van der Waals surface area contributed by atoms with E-state index in [9.17, 15) is 0 Å². The minimum absolute atomic E-state index is 0.220. The summed E-state index contributed by atoms with van der Waals surface area (Å²) >= 11 is 0. The molecule has 2 nitrogen and oxygen atoms in total. The zero-order valence-electron chi connectivity index (χ0n) is 8.59. The maximum Gasteiger partial charge on any atom is 0.0556 e. The van der Waals surface area contributed by atoms with Gasteiger partial charge in [-0.15, -0.1) is 0 Å². The van der Waals surface area contributed by atoms with Gasteiger partial charge in [0.15, 0.2) is 0 Å². The Labute approximate surface area is 85.0 Å². The summed E-state index contributed by atoms with van der Waals surface area (Å²) in [6, 6.07) is 7.12. The van der Waals surface area contributed by atoms with Crippen LogP contribution >= 0.6 is 0 Å². The molecular formula is C12H17NO. The Morgan fingerprint density at radius 2 is 2.36 bits per heavy atom. The molecule has 2 N–H and O–H groups in total. The molecule has 1 aromatic carbocycles. The second-order valence-corrected chi connectivity index (χ2v) is 3.97. The van der Waals surface area contributed by atoms with E-state index in [0.29, 0.717) is 12.6 Å². The number of aryl methyl sites for hydroxylation is 2. The second-order valence-electron chi connectivity index (χ2n) is 3.97. The number of hydrogen-bond donors (Lipinski definition) is 2. The number of rotatable bonds is 3. The molecule has 1 aliphatic carbocycles. The van der Waals surface area contributed by atoms with Crippen molar-refractivity contribution < 1.29 is 5.11 Å². The first-order valence-corrected chi connectivity index (χ1v) is 5.25. The van der Waals surface area contributed by atoms with Crippen molar-refractivity contribution in [2.24, 2.45) is 0 Å². The van der Waals surface area contributed by atoms with Gasteiger partial charge < -0.3 is 10.4 Å². The molecule has 14 heavy (non-hydrogen) atoms.